The van der Waals surface area contributed by atoms with Crippen molar-refractivity contribution in [1.82, 2.24) is 5.23 Å². The Morgan fingerprint density at radius 1 is 1.41 bits per heavy atom. The molecule has 0 aliphatic carbocycles. The molecule has 17 heavy (non-hydrogen) atoms. The van der Waals surface area contributed by atoms with Crippen molar-refractivity contribution in [2.24, 2.45) is 0 Å². The van der Waals surface area contributed by atoms with Crippen LogP contribution in [0.2, 0.25) is 0 Å². The van der Waals surface area contributed by atoms with E-state index in [2.05, 4.69) is 6.58 Å². The molecule has 0 saturated carbocycles. The Balaban J connectivity index is 2.29. The fraction of sp³-hybridized carbons (Fsp3) is 0.818. The maximum atomic E-state index is 11.0. The van der Waals surface area contributed by atoms with Crippen molar-refractivity contribution in [2.75, 3.05) is 27.4 Å². The highest BCUT2D eigenvalue weighted by Gasteiger charge is 2.67. The molecule has 0 amide bonds. The third kappa shape index (κ3) is 1.64. The second-order valence-electron chi connectivity index (χ2n) is 4.48. The van der Waals surface area contributed by atoms with Gasteiger partial charge in [0.2, 0.25) is 0 Å². The van der Waals surface area contributed by atoms with Crippen molar-refractivity contribution in [2.45, 2.75) is 30.3 Å². The molecule has 0 bridgehead atoms. The zero-order valence-corrected chi connectivity index (χ0v) is 10.3. The molecule has 2 fully saturated rings. The number of fused-ring (bicyclic) bond motifs is 1. The number of hydroxylamine groups is 2. The highest BCUT2D eigenvalue weighted by molar-refractivity contribution is 5.24. The van der Waals surface area contributed by atoms with Crippen LogP contribution in [0.15, 0.2) is 12.7 Å². The van der Waals surface area contributed by atoms with Gasteiger partial charge >= 0.3 is 0 Å². The van der Waals surface area contributed by atoms with E-state index < -0.39 is 17.3 Å². The van der Waals surface area contributed by atoms with Crippen molar-refractivity contribution in [3.8, 4) is 0 Å². The molecule has 0 N–H and O–H groups in total. The van der Waals surface area contributed by atoms with Crippen LogP contribution < -0.4 is 0 Å². The Morgan fingerprint density at radius 3 is 2.59 bits per heavy atom. The Labute approximate surface area is 101 Å². The predicted octanol–water partition coefficient (Wildman–Crippen LogP) is 0.475. The maximum absolute atomic E-state index is 11.0. The molecular formula is C11H18NO5-. The molecule has 2 aliphatic rings. The van der Waals surface area contributed by atoms with Crippen LogP contribution >= 0.6 is 0 Å². The molecule has 0 aromatic rings. The minimum atomic E-state index is -0.841. The summed E-state index contributed by atoms with van der Waals surface area (Å²) in [5.41, 5.74) is -1.52. The lowest BCUT2D eigenvalue weighted by Gasteiger charge is -2.38. The minimum Gasteiger partial charge on any atom is -0.762 e. The fourth-order valence-electron chi connectivity index (χ4n) is 2.73. The first-order valence-corrected chi connectivity index (χ1v) is 5.52. The molecule has 0 radical (unpaired) electrons. The van der Waals surface area contributed by atoms with E-state index in [9.17, 15) is 5.21 Å². The van der Waals surface area contributed by atoms with Gasteiger partial charge in [-0.3, -0.25) is 5.23 Å². The molecule has 0 spiro atoms. The van der Waals surface area contributed by atoms with E-state index in [-0.39, 0.29) is 12.7 Å². The molecule has 2 aliphatic heterocycles. The summed E-state index contributed by atoms with van der Waals surface area (Å²) in [6.45, 7) is 6.34. The first-order chi connectivity index (χ1) is 8.00. The molecule has 2 saturated heterocycles. The number of methoxy groups -OCH3 is 1. The highest BCUT2D eigenvalue weighted by Crippen LogP contribution is 2.49. The van der Waals surface area contributed by atoms with Gasteiger partial charge in [-0.2, -0.15) is 0 Å². The first-order valence-electron chi connectivity index (χ1n) is 5.52. The summed E-state index contributed by atoms with van der Waals surface area (Å²) >= 11 is 0. The molecule has 0 aromatic heterocycles. The van der Waals surface area contributed by atoms with Gasteiger partial charge in [0, 0.05) is 7.11 Å². The van der Waals surface area contributed by atoms with E-state index in [0.29, 0.717) is 11.8 Å². The summed E-state index contributed by atoms with van der Waals surface area (Å²) in [7, 11) is 2.89. The van der Waals surface area contributed by atoms with Gasteiger partial charge < -0.3 is 24.3 Å². The van der Waals surface area contributed by atoms with Crippen molar-refractivity contribution in [3.05, 3.63) is 17.9 Å². The maximum Gasteiger partial charge on any atom is 0.148 e. The van der Waals surface area contributed by atoms with Crippen LogP contribution in [-0.2, 0) is 19.0 Å². The van der Waals surface area contributed by atoms with E-state index in [1.165, 1.54) is 7.05 Å². The SMILES string of the molecule is C=CC12OCC(OC)C1(C)OCC2ON(C)[O-]. The summed E-state index contributed by atoms with van der Waals surface area (Å²) in [6.07, 6.45) is 0.936. The fourth-order valence-corrected chi connectivity index (χ4v) is 2.73. The molecule has 6 heteroatoms. The summed E-state index contributed by atoms with van der Waals surface area (Å²) < 4.78 is 16.9. The number of nitrogens with zero attached hydrogens (tertiary/aromatic N) is 1. The van der Waals surface area contributed by atoms with Crippen LogP contribution in [0.1, 0.15) is 6.92 Å². The predicted molar refractivity (Wildman–Crippen MR) is 60.0 cm³/mol. The van der Waals surface area contributed by atoms with Gasteiger partial charge in [-0.25, -0.2) is 0 Å². The van der Waals surface area contributed by atoms with Crippen molar-refractivity contribution in [1.29, 1.82) is 0 Å². The Bertz CT molecular complexity index is 310. The first kappa shape index (κ1) is 12.9. The summed E-state index contributed by atoms with van der Waals surface area (Å²) in [5.74, 6) is 0. The van der Waals surface area contributed by atoms with E-state index in [1.807, 2.05) is 6.92 Å². The molecule has 4 atom stereocenters. The average Bonchev–Trinajstić information content (AvgIpc) is 2.71. The van der Waals surface area contributed by atoms with Crippen molar-refractivity contribution >= 4 is 0 Å². The van der Waals surface area contributed by atoms with E-state index in [4.69, 9.17) is 19.0 Å². The van der Waals surface area contributed by atoms with Crippen LogP contribution in [0.25, 0.3) is 0 Å². The number of rotatable bonds is 4. The number of hydrogen-bond acceptors (Lipinski definition) is 6. The quantitative estimate of drug-likeness (QED) is 0.529. The zero-order valence-electron chi connectivity index (χ0n) is 10.3. The van der Waals surface area contributed by atoms with Gasteiger partial charge in [0.05, 0.1) is 13.2 Å². The Hall–Kier alpha value is -0.500. The highest BCUT2D eigenvalue weighted by atomic mass is 16.9. The van der Waals surface area contributed by atoms with Crippen LogP contribution in [0, 0.1) is 5.21 Å². The molecule has 4 unspecified atom stereocenters. The van der Waals surface area contributed by atoms with Gasteiger partial charge in [0.1, 0.15) is 23.4 Å². The van der Waals surface area contributed by atoms with E-state index >= 15 is 0 Å². The molecule has 2 rings (SSSR count). The van der Waals surface area contributed by atoms with Crippen LogP contribution in [0.4, 0.5) is 0 Å². The van der Waals surface area contributed by atoms with Crippen LogP contribution in [0.5, 0.6) is 0 Å². The lowest BCUT2D eigenvalue weighted by atomic mass is 9.81. The molecule has 98 valence electrons. The lowest BCUT2D eigenvalue weighted by molar-refractivity contribution is -0.194. The van der Waals surface area contributed by atoms with Gasteiger partial charge in [-0.15, -0.1) is 6.58 Å². The lowest BCUT2D eigenvalue weighted by Crippen LogP contribution is -2.55. The van der Waals surface area contributed by atoms with Crippen LogP contribution in [-0.4, -0.2) is 56.0 Å². The van der Waals surface area contributed by atoms with Gasteiger partial charge in [-0.05, 0) is 14.0 Å². The molecule has 2 heterocycles. The van der Waals surface area contributed by atoms with Gasteiger partial charge in [0.25, 0.3) is 0 Å². The standard InChI is InChI=1S/C11H18NO5/c1-5-11-9(17-12(3)13)7-15-10(11,2)8(14-4)6-16-11/h5,8-9H,1,6-7H2,2-4H3/q-1. The van der Waals surface area contributed by atoms with Gasteiger partial charge in [0.15, 0.2) is 0 Å². The second kappa shape index (κ2) is 4.31. The topological polar surface area (TPSA) is 63.2 Å². The van der Waals surface area contributed by atoms with Crippen LogP contribution in [0.3, 0.4) is 0 Å². The normalized spacial score (nSPS) is 45.2. The van der Waals surface area contributed by atoms with E-state index in [0.717, 1.165) is 0 Å². The smallest absolute Gasteiger partial charge is 0.148 e. The second-order valence-corrected chi connectivity index (χ2v) is 4.48. The molecule has 6 nitrogen and oxygen atoms in total. The monoisotopic (exact) mass is 244 g/mol. The number of ether oxygens (including phenoxy) is 3. The Kier molecular flexibility index (Phi) is 3.28. The summed E-state index contributed by atoms with van der Waals surface area (Å²) in [5, 5.41) is 11.4. The third-order valence-corrected chi connectivity index (χ3v) is 3.74. The third-order valence-electron chi connectivity index (χ3n) is 3.74. The van der Waals surface area contributed by atoms with Gasteiger partial charge in [-0.1, -0.05) is 6.08 Å². The van der Waals surface area contributed by atoms with Crippen molar-refractivity contribution < 1.29 is 19.0 Å². The van der Waals surface area contributed by atoms with Crippen molar-refractivity contribution in [3.63, 3.8) is 0 Å². The Morgan fingerprint density at radius 2 is 2.06 bits per heavy atom. The molecular weight excluding hydrogens is 226 g/mol. The summed E-state index contributed by atoms with van der Waals surface area (Å²) in [6, 6.07) is 0. The summed E-state index contributed by atoms with van der Waals surface area (Å²) in [4.78, 5) is 5.18. The number of hydrogen-bond donors (Lipinski definition) is 0. The van der Waals surface area contributed by atoms with E-state index in [1.54, 1.807) is 13.2 Å². The largest absolute Gasteiger partial charge is 0.762 e. The average molecular weight is 244 g/mol. The molecule has 0 aromatic carbocycles. The minimum absolute atomic E-state index is 0.203. The zero-order chi connectivity index (χ0) is 12.7.